The third kappa shape index (κ3) is 3.07. The predicted molar refractivity (Wildman–Crippen MR) is 51.9 cm³/mol. The zero-order valence-corrected chi connectivity index (χ0v) is 10.8. The minimum atomic E-state index is -0.715. The van der Waals surface area contributed by atoms with Gasteiger partial charge in [0.25, 0.3) is 0 Å². The maximum atomic E-state index is 10.2. The van der Waals surface area contributed by atoms with Crippen molar-refractivity contribution < 1.29 is 31.0 Å². The van der Waals surface area contributed by atoms with Crippen molar-refractivity contribution in [3.8, 4) is 0 Å². The quantitative estimate of drug-likeness (QED) is 0.399. The van der Waals surface area contributed by atoms with Crippen LogP contribution in [0.2, 0.25) is 0 Å². The number of aliphatic hydroxyl groups is 1. The number of halogens is 1. The summed E-state index contributed by atoms with van der Waals surface area (Å²) in [6, 6.07) is 0. The zero-order valence-electron chi connectivity index (χ0n) is 8.67. The fourth-order valence-electron chi connectivity index (χ4n) is 2.30. The van der Waals surface area contributed by atoms with Crippen LogP contribution in [-0.2, 0) is 4.74 Å². The van der Waals surface area contributed by atoms with Gasteiger partial charge in [-0.3, -0.25) is 0 Å². The van der Waals surface area contributed by atoms with Gasteiger partial charge in [0.15, 0.2) is 0 Å². The van der Waals surface area contributed by atoms with Crippen LogP contribution in [0.1, 0.15) is 44.9 Å². The Labute approximate surface area is 96.7 Å². The molecule has 0 aromatic heterocycles. The molecule has 1 aliphatic carbocycles. The molecular formula is C11H20IO2-. The molecule has 1 aliphatic heterocycles. The van der Waals surface area contributed by atoms with Crippen LogP contribution in [0.15, 0.2) is 0 Å². The van der Waals surface area contributed by atoms with Gasteiger partial charge in [0, 0.05) is 0 Å². The molecule has 2 fully saturated rings. The molecule has 1 heterocycles. The second-order valence-electron chi connectivity index (χ2n) is 4.44. The summed E-state index contributed by atoms with van der Waals surface area (Å²) in [5.41, 5.74) is 0. The van der Waals surface area contributed by atoms with Crippen molar-refractivity contribution in [2.45, 2.75) is 56.8 Å². The van der Waals surface area contributed by atoms with E-state index in [1.54, 1.807) is 0 Å². The number of rotatable bonds is 2. The van der Waals surface area contributed by atoms with E-state index in [1.165, 1.54) is 43.0 Å². The summed E-state index contributed by atoms with van der Waals surface area (Å²) in [6.07, 6.45) is 8.67. The van der Waals surface area contributed by atoms with Crippen LogP contribution in [0.3, 0.4) is 0 Å². The molecule has 2 nitrogen and oxygen atoms in total. The first-order valence-corrected chi connectivity index (χ1v) is 8.77. The molecule has 0 radical (unpaired) electrons. The molecule has 2 aliphatic rings. The number of alkyl halides is 2. The van der Waals surface area contributed by atoms with Crippen molar-refractivity contribution in [3.63, 3.8) is 0 Å². The van der Waals surface area contributed by atoms with Gasteiger partial charge in [-0.15, -0.1) is 0 Å². The van der Waals surface area contributed by atoms with Crippen molar-refractivity contribution in [1.29, 1.82) is 0 Å². The fourth-order valence-corrected chi connectivity index (χ4v) is 5.01. The normalized spacial score (nSPS) is 36.4. The van der Waals surface area contributed by atoms with E-state index < -0.39 is 5.79 Å². The summed E-state index contributed by atoms with van der Waals surface area (Å²) in [4.78, 5) is 0. The molecule has 1 unspecified atom stereocenters. The van der Waals surface area contributed by atoms with E-state index in [2.05, 4.69) is 0 Å². The van der Waals surface area contributed by atoms with Gasteiger partial charge in [-0.25, -0.2) is 0 Å². The van der Waals surface area contributed by atoms with E-state index in [0.29, 0.717) is 6.10 Å². The van der Waals surface area contributed by atoms with E-state index in [-0.39, 0.29) is 21.2 Å². The summed E-state index contributed by atoms with van der Waals surface area (Å²) in [5.74, 6) is -0.715. The molecular weight excluding hydrogens is 291 g/mol. The summed E-state index contributed by atoms with van der Waals surface area (Å²) in [7, 11) is 0. The van der Waals surface area contributed by atoms with E-state index >= 15 is 0 Å². The van der Waals surface area contributed by atoms with Crippen LogP contribution in [0.5, 0.6) is 0 Å². The first-order valence-electron chi connectivity index (χ1n) is 5.72. The predicted octanol–water partition coefficient (Wildman–Crippen LogP) is -1.09. The topological polar surface area (TPSA) is 29.5 Å². The first-order chi connectivity index (χ1) is 6.79. The number of hydrogen-bond acceptors (Lipinski definition) is 2. The molecule has 1 N–H and O–H groups in total. The average Bonchev–Trinajstić information content (AvgIpc) is 2.19. The molecule has 2 rings (SSSR count). The zero-order chi connectivity index (χ0) is 9.86. The van der Waals surface area contributed by atoms with Gasteiger partial charge in [0.2, 0.25) is 0 Å². The number of hydrogen-bond donors (Lipinski definition) is 1. The van der Waals surface area contributed by atoms with Gasteiger partial charge in [-0.1, -0.05) is 0 Å². The van der Waals surface area contributed by atoms with Gasteiger partial charge < -0.3 is 0 Å². The standard InChI is InChI=1S/C11H20IO2/c13-11(7-4-8-12-9-11)14-10-5-2-1-3-6-10/h10,13H,1-9H2/q-1. The molecule has 1 saturated heterocycles. The monoisotopic (exact) mass is 311 g/mol. The van der Waals surface area contributed by atoms with E-state index in [0.717, 1.165) is 10.8 Å². The molecule has 0 amide bonds. The van der Waals surface area contributed by atoms with Crippen molar-refractivity contribution in [2.75, 3.05) is 8.86 Å². The molecule has 0 spiro atoms. The molecule has 1 saturated carbocycles. The van der Waals surface area contributed by atoms with Crippen LogP contribution in [0.25, 0.3) is 0 Å². The molecule has 0 aromatic carbocycles. The Morgan fingerprint density at radius 3 is 2.57 bits per heavy atom. The summed E-state index contributed by atoms with van der Waals surface area (Å²) >= 11 is 0.221. The summed E-state index contributed by atoms with van der Waals surface area (Å²) in [5, 5.41) is 10.2. The van der Waals surface area contributed by atoms with E-state index in [9.17, 15) is 5.11 Å². The van der Waals surface area contributed by atoms with Crippen LogP contribution in [-0.4, -0.2) is 25.9 Å². The second-order valence-corrected chi connectivity index (χ2v) is 7.36. The Morgan fingerprint density at radius 2 is 1.93 bits per heavy atom. The van der Waals surface area contributed by atoms with Crippen molar-refractivity contribution >= 4 is 0 Å². The number of ether oxygens (including phenoxy) is 1. The van der Waals surface area contributed by atoms with Crippen molar-refractivity contribution in [3.05, 3.63) is 0 Å². The summed E-state index contributed by atoms with van der Waals surface area (Å²) in [6.45, 7) is 0. The van der Waals surface area contributed by atoms with Gasteiger partial charge in [0.1, 0.15) is 0 Å². The Bertz CT molecular complexity index is 172. The minimum absolute atomic E-state index is 0.221. The molecule has 14 heavy (non-hydrogen) atoms. The maximum absolute atomic E-state index is 10.2. The fraction of sp³-hybridized carbons (Fsp3) is 1.00. The van der Waals surface area contributed by atoms with Gasteiger partial charge in [-0.2, -0.15) is 0 Å². The second kappa shape index (κ2) is 5.12. The van der Waals surface area contributed by atoms with Crippen molar-refractivity contribution in [1.82, 2.24) is 0 Å². The van der Waals surface area contributed by atoms with Crippen LogP contribution in [0, 0.1) is 0 Å². The SMILES string of the molecule is OC1(OC2CCCCC2)CCC[I-]C1. The van der Waals surface area contributed by atoms with Gasteiger partial charge in [-0.05, 0) is 0 Å². The summed E-state index contributed by atoms with van der Waals surface area (Å²) < 4.78 is 8.23. The van der Waals surface area contributed by atoms with Crippen molar-refractivity contribution in [2.24, 2.45) is 0 Å². The van der Waals surface area contributed by atoms with Crippen LogP contribution < -0.4 is 21.2 Å². The van der Waals surface area contributed by atoms with Gasteiger partial charge >= 0.3 is 96.7 Å². The van der Waals surface area contributed by atoms with E-state index in [1.807, 2.05) is 0 Å². The third-order valence-corrected chi connectivity index (χ3v) is 6.33. The van der Waals surface area contributed by atoms with Crippen LogP contribution in [0.4, 0.5) is 0 Å². The average molecular weight is 311 g/mol. The van der Waals surface area contributed by atoms with Gasteiger partial charge in [0.05, 0.1) is 0 Å². The molecule has 1 atom stereocenters. The Morgan fingerprint density at radius 1 is 1.14 bits per heavy atom. The van der Waals surface area contributed by atoms with E-state index in [4.69, 9.17) is 4.74 Å². The molecule has 0 aromatic rings. The van der Waals surface area contributed by atoms with Crippen LogP contribution >= 0.6 is 0 Å². The molecule has 3 heteroatoms. The Hall–Kier alpha value is 0.650. The molecule has 84 valence electrons. The molecule has 0 bridgehead atoms. The Kier molecular flexibility index (Phi) is 4.08. The first kappa shape index (κ1) is 11.1. The third-order valence-electron chi connectivity index (χ3n) is 3.08. The Balaban J connectivity index is 1.81.